The average Bonchev–Trinajstić information content (AvgIpc) is 3.42. The van der Waals surface area contributed by atoms with Crippen LogP contribution in [0.15, 0.2) is 59.8 Å². The van der Waals surface area contributed by atoms with Crippen molar-refractivity contribution in [3.8, 4) is 11.7 Å². The highest BCUT2D eigenvalue weighted by Gasteiger charge is 2.29. The number of ether oxygens (including phenoxy) is 1. The summed E-state index contributed by atoms with van der Waals surface area (Å²) < 4.78 is 10.5. The summed E-state index contributed by atoms with van der Waals surface area (Å²) in [6.07, 6.45) is 3.76. The van der Waals surface area contributed by atoms with E-state index in [1.165, 1.54) is 4.57 Å². The first-order chi connectivity index (χ1) is 16.7. The first kappa shape index (κ1) is 19.7. The number of para-hydroxylation sites is 1. The van der Waals surface area contributed by atoms with Crippen LogP contribution in [0.2, 0.25) is 0 Å². The van der Waals surface area contributed by atoms with Gasteiger partial charge in [0.1, 0.15) is 17.6 Å². The van der Waals surface area contributed by atoms with E-state index in [9.17, 15) is 4.79 Å². The van der Waals surface area contributed by atoms with Crippen LogP contribution < -0.4 is 10.4 Å². The van der Waals surface area contributed by atoms with Crippen LogP contribution >= 0.6 is 0 Å². The minimum absolute atomic E-state index is 0.127. The zero-order valence-electron chi connectivity index (χ0n) is 17.8. The summed E-state index contributed by atoms with van der Waals surface area (Å²) in [6.45, 7) is 15.0. The molecule has 0 bridgehead atoms. The topological polar surface area (TPSA) is 88.5 Å². The second-order valence-electron chi connectivity index (χ2n) is 7.85. The van der Waals surface area contributed by atoms with Crippen LogP contribution in [-0.4, -0.2) is 35.3 Å². The average molecular weight is 448 g/mol. The maximum absolute atomic E-state index is 13.5. The van der Waals surface area contributed by atoms with Gasteiger partial charge in [-0.2, -0.15) is 4.98 Å². The van der Waals surface area contributed by atoms with Gasteiger partial charge in [-0.25, -0.2) is 30.7 Å². The maximum atomic E-state index is 13.5. The van der Waals surface area contributed by atoms with Crippen molar-refractivity contribution in [3.05, 3.63) is 93.9 Å². The number of benzene rings is 2. The molecule has 10 heteroatoms. The Bertz CT molecular complexity index is 1730. The summed E-state index contributed by atoms with van der Waals surface area (Å²) in [4.78, 5) is 34.1. The van der Waals surface area contributed by atoms with E-state index in [4.69, 9.17) is 22.9 Å². The molecule has 34 heavy (non-hydrogen) atoms. The van der Waals surface area contributed by atoms with Crippen molar-refractivity contribution < 1.29 is 4.74 Å². The van der Waals surface area contributed by atoms with Gasteiger partial charge < -0.3 is 4.74 Å². The number of rotatable bonds is 3. The van der Waals surface area contributed by atoms with Gasteiger partial charge in [-0.15, -0.1) is 0 Å². The van der Waals surface area contributed by atoms with Gasteiger partial charge >= 0.3 is 5.69 Å². The number of hydrogen-bond donors (Lipinski definition) is 0. The highest BCUT2D eigenvalue weighted by atomic mass is 16.5. The highest BCUT2D eigenvalue weighted by molar-refractivity contribution is 5.81. The second kappa shape index (κ2) is 7.57. The lowest BCUT2D eigenvalue weighted by Crippen LogP contribution is -2.30. The summed E-state index contributed by atoms with van der Waals surface area (Å²) in [6, 6.07) is 12.6. The molecule has 10 nitrogen and oxygen atoms in total. The minimum atomic E-state index is -0.315. The number of hydrogen-bond acceptors (Lipinski definition) is 5. The summed E-state index contributed by atoms with van der Waals surface area (Å²) in [7, 11) is 0. The molecule has 0 saturated carbocycles. The fraction of sp³-hybridized carbons (Fsp3) is 0.167. The molecule has 6 rings (SSSR count). The van der Waals surface area contributed by atoms with Crippen LogP contribution in [-0.2, 0) is 6.67 Å². The van der Waals surface area contributed by atoms with E-state index in [0.29, 0.717) is 46.9 Å². The van der Waals surface area contributed by atoms with Crippen LogP contribution in [0.1, 0.15) is 18.0 Å². The monoisotopic (exact) mass is 448 g/mol. The first-order valence-corrected chi connectivity index (χ1v) is 10.6. The van der Waals surface area contributed by atoms with Gasteiger partial charge in [-0.1, -0.05) is 24.3 Å². The lowest BCUT2D eigenvalue weighted by Gasteiger charge is -2.26. The van der Waals surface area contributed by atoms with Crippen molar-refractivity contribution in [1.29, 1.82) is 0 Å². The van der Waals surface area contributed by atoms with E-state index in [0.717, 1.165) is 11.3 Å². The summed E-state index contributed by atoms with van der Waals surface area (Å²) in [5.41, 5.74) is 3.38. The summed E-state index contributed by atoms with van der Waals surface area (Å²) in [5, 5.41) is 0. The molecule has 0 saturated heterocycles. The molecule has 0 fully saturated rings. The van der Waals surface area contributed by atoms with Gasteiger partial charge in [0, 0.05) is 12.0 Å². The normalized spacial score (nSPS) is 14.9. The molecular formula is C24H16N8O2. The van der Waals surface area contributed by atoms with Crippen molar-refractivity contribution in [2.75, 3.05) is 6.61 Å². The Hall–Kier alpha value is -4.96. The zero-order chi connectivity index (χ0) is 23.2. The molecule has 0 spiro atoms. The molecule has 0 aliphatic carbocycles. The van der Waals surface area contributed by atoms with E-state index in [2.05, 4.69) is 19.7 Å². The fourth-order valence-corrected chi connectivity index (χ4v) is 4.47. The summed E-state index contributed by atoms with van der Waals surface area (Å²) in [5.74, 6) is 1.06. The van der Waals surface area contributed by atoms with Crippen LogP contribution in [0, 0.1) is 13.1 Å². The SMILES string of the molecule is [C-]#[N+]Cn1c(=O)n([C@@H]2CCOc3ccccc32)c2nc(-n3cnc4ccc([N+]#[C-])cc43)ncc21. The standard InChI is InChI=1S/C24H16N8O2/c1-25-13-31-20-12-27-23(30-14-28-17-8-7-15(26-2)11-19(17)30)29-22(20)32(24(31)33)18-9-10-34-21-6-4-3-5-16(18)21/h3-8,11-12,14,18H,9-10,13H2/t18-/m1/s1. The molecule has 4 heterocycles. The van der Waals surface area contributed by atoms with Gasteiger partial charge in [0.25, 0.3) is 6.67 Å². The third kappa shape index (κ3) is 2.86. The van der Waals surface area contributed by atoms with E-state index in [1.807, 2.05) is 24.3 Å². The molecule has 0 N–H and O–H groups in total. The molecule has 0 radical (unpaired) electrons. The second-order valence-corrected chi connectivity index (χ2v) is 7.85. The van der Waals surface area contributed by atoms with E-state index < -0.39 is 0 Å². The Labute approximate surface area is 192 Å². The lowest BCUT2D eigenvalue weighted by atomic mass is 10.0. The third-order valence-corrected chi connectivity index (χ3v) is 6.02. The smallest absolute Gasteiger partial charge is 0.336 e. The molecule has 5 aromatic rings. The molecule has 3 aromatic heterocycles. The minimum Gasteiger partial charge on any atom is -0.493 e. The molecule has 1 aliphatic rings. The predicted octanol–water partition coefficient (Wildman–Crippen LogP) is 3.73. The molecular weight excluding hydrogens is 432 g/mol. The van der Waals surface area contributed by atoms with Crippen molar-refractivity contribution >= 4 is 27.9 Å². The van der Waals surface area contributed by atoms with Gasteiger partial charge in [-0.05, 0) is 18.2 Å². The van der Waals surface area contributed by atoms with Crippen LogP contribution in [0.5, 0.6) is 5.75 Å². The van der Waals surface area contributed by atoms with Gasteiger partial charge in [0.2, 0.25) is 5.95 Å². The number of imidazole rings is 2. The van der Waals surface area contributed by atoms with Gasteiger partial charge in [0.05, 0.1) is 36.5 Å². The van der Waals surface area contributed by atoms with Crippen molar-refractivity contribution in [1.82, 2.24) is 28.7 Å². The molecule has 1 aliphatic heterocycles. The number of fused-ring (bicyclic) bond motifs is 3. The summed E-state index contributed by atoms with van der Waals surface area (Å²) >= 11 is 0. The third-order valence-electron chi connectivity index (χ3n) is 6.02. The highest BCUT2D eigenvalue weighted by Crippen LogP contribution is 2.35. The van der Waals surface area contributed by atoms with E-state index >= 15 is 0 Å². The van der Waals surface area contributed by atoms with Gasteiger partial charge in [0.15, 0.2) is 11.3 Å². The van der Waals surface area contributed by atoms with Crippen LogP contribution in [0.25, 0.3) is 37.8 Å². The zero-order valence-corrected chi connectivity index (χ0v) is 17.8. The van der Waals surface area contributed by atoms with Crippen LogP contribution in [0.4, 0.5) is 5.69 Å². The van der Waals surface area contributed by atoms with Crippen molar-refractivity contribution in [3.63, 3.8) is 0 Å². The predicted molar refractivity (Wildman–Crippen MR) is 124 cm³/mol. The number of aromatic nitrogens is 6. The molecule has 0 amide bonds. The van der Waals surface area contributed by atoms with Crippen LogP contribution in [0.3, 0.4) is 0 Å². The molecule has 164 valence electrons. The fourth-order valence-electron chi connectivity index (χ4n) is 4.47. The Kier molecular flexibility index (Phi) is 4.39. The largest absolute Gasteiger partial charge is 0.493 e. The molecule has 1 atom stereocenters. The Morgan fingerprint density at radius 3 is 2.85 bits per heavy atom. The number of nitrogens with zero attached hydrogens (tertiary/aromatic N) is 8. The maximum Gasteiger partial charge on any atom is 0.336 e. The van der Waals surface area contributed by atoms with E-state index in [1.54, 1.807) is 39.9 Å². The molecule has 0 unspecified atom stereocenters. The first-order valence-electron chi connectivity index (χ1n) is 10.6. The Morgan fingerprint density at radius 2 is 2.00 bits per heavy atom. The quantitative estimate of drug-likeness (QED) is 0.393. The van der Waals surface area contributed by atoms with E-state index in [-0.39, 0.29) is 18.4 Å². The Balaban J connectivity index is 1.61. The molecule has 2 aromatic carbocycles. The Morgan fingerprint density at radius 1 is 1.12 bits per heavy atom. The van der Waals surface area contributed by atoms with Crippen molar-refractivity contribution in [2.45, 2.75) is 19.1 Å². The van der Waals surface area contributed by atoms with Crippen molar-refractivity contribution in [2.24, 2.45) is 0 Å². The lowest BCUT2D eigenvalue weighted by molar-refractivity contribution is 0.255. The van der Waals surface area contributed by atoms with Gasteiger partial charge in [-0.3, -0.25) is 14.0 Å².